The van der Waals surface area contributed by atoms with Gasteiger partial charge in [0.1, 0.15) is 0 Å². The summed E-state index contributed by atoms with van der Waals surface area (Å²) in [4.78, 5) is 0. The van der Waals surface area contributed by atoms with Gasteiger partial charge < -0.3 is 5.32 Å². The number of fused-ring (bicyclic) bond motifs is 2. The molecule has 0 radical (unpaired) electrons. The largest absolute Gasteiger partial charge is 0.314 e. The van der Waals surface area contributed by atoms with Gasteiger partial charge in [0.2, 0.25) is 0 Å². The molecular formula is C8H17N. The molecule has 1 saturated carbocycles. The monoisotopic (exact) mass is 127 g/mol. The van der Waals surface area contributed by atoms with Gasteiger partial charge in [-0.3, -0.25) is 0 Å². The van der Waals surface area contributed by atoms with Gasteiger partial charge in [-0.1, -0.05) is 13.8 Å². The van der Waals surface area contributed by atoms with Crippen molar-refractivity contribution < 1.29 is 0 Å². The van der Waals surface area contributed by atoms with Crippen molar-refractivity contribution in [1.82, 2.24) is 5.32 Å². The van der Waals surface area contributed by atoms with Gasteiger partial charge in [0, 0.05) is 6.04 Å². The maximum Gasteiger partial charge on any atom is 0.00723 e. The second kappa shape index (κ2) is 3.21. The zero-order valence-electron chi connectivity index (χ0n) is 6.48. The van der Waals surface area contributed by atoms with E-state index in [1.807, 2.05) is 13.8 Å². The lowest BCUT2D eigenvalue weighted by atomic mass is 9.75. The first-order valence-corrected chi connectivity index (χ1v) is 4.18. The summed E-state index contributed by atoms with van der Waals surface area (Å²) < 4.78 is 0. The zero-order valence-corrected chi connectivity index (χ0v) is 6.48. The smallest absolute Gasteiger partial charge is 0.00723 e. The Morgan fingerprint density at radius 3 is 2.00 bits per heavy atom. The topological polar surface area (TPSA) is 12.0 Å². The Balaban J connectivity index is 0.000000186. The van der Waals surface area contributed by atoms with Crippen LogP contribution in [0.5, 0.6) is 0 Å². The van der Waals surface area contributed by atoms with Crippen molar-refractivity contribution in [3.8, 4) is 0 Å². The second-order valence-corrected chi connectivity index (χ2v) is 2.78. The molecule has 9 heavy (non-hydrogen) atoms. The molecule has 54 valence electrons. The van der Waals surface area contributed by atoms with Crippen LogP contribution in [0, 0.1) is 5.92 Å². The van der Waals surface area contributed by atoms with E-state index in [9.17, 15) is 0 Å². The van der Waals surface area contributed by atoms with Crippen molar-refractivity contribution in [3.63, 3.8) is 0 Å². The molecular weight excluding hydrogens is 110 g/mol. The van der Waals surface area contributed by atoms with Crippen molar-refractivity contribution in [2.75, 3.05) is 6.54 Å². The number of rotatable bonds is 0. The molecule has 2 aliphatic heterocycles. The summed E-state index contributed by atoms with van der Waals surface area (Å²) in [5.41, 5.74) is 0. The van der Waals surface area contributed by atoms with Gasteiger partial charge in [-0.2, -0.15) is 0 Å². The van der Waals surface area contributed by atoms with Gasteiger partial charge in [0.05, 0.1) is 0 Å². The fourth-order valence-electron chi connectivity index (χ4n) is 1.63. The van der Waals surface area contributed by atoms with Crippen molar-refractivity contribution in [1.29, 1.82) is 0 Å². The van der Waals surface area contributed by atoms with E-state index < -0.39 is 0 Å². The summed E-state index contributed by atoms with van der Waals surface area (Å²) in [6.07, 6.45) is 4.39. The van der Waals surface area contributed by atoms with E-state index in [0.717, 1.165) is 12.0 Å². The van der Waals surface area contributed by atoms with E-state index in [-0.39, 0.29) is 0 Å². The summed E-state index contributed by atoms with van der Waals surface area (Å²) in [5.74, 6) is 1.12. The highest BCUT2D eigenvalue weighted by Gasteiger charge is 2.31. The molecule has 3 fully saturated rings. The molecule has 0 spiro atoms. The second-order valence-electron chi connectivity index (χ2n) is 2.78. The molecule has 2 bridgehead atoms. The first-order chi connectivity index (χ1) is 4.45. The summed E-state index contributed by atoms with van der Waals surface area (Å²) in [5, 5.41) is 3.45. The van der Waals surface area contributed by atoms with E-state index in [0.29, 0.717) is 0 Å². The molecule has 1 heteroatoms. The minimum absolute atomic E-state index is 0.929. The normalized spacial score (nSPS) is 38.0. The predicted molar refractivity (Wildman–Crippen MR) is 40.5 cm³/mol. The lowest BCUT2D eigenvalue weighted by Gasteiger charge is -2.41. The minimum Gasteiger partial charge on any atom is -0.314 e. The number of nitrogens with one attached hydrogen (secondary N) is 1. The Morgan fingerprint density at radius 2 is 1.89 bits per heavy atom. The van der Waals surface area contributed by atoms with Crippen LogP contribution >= 0.6 is 0 Å². The van der Waals surface area contributed by atoms with Gasteiger partial charge in [-0.15, -0.1) is 0 Å². The van der Waals surface area contributed by atoms with Crippen LogP contribution in [0.25, 0.3) is 0 Å². The third kappa shape index (κ3) is 1.45. The summed E-state index contributed by atoms with van der Waals surface area (Å²) in [7, 11) is 0. The van der Waals surface area contributed by atoms with E-state index in [4.69, 9.17) is 0 Å². The standard InChI is InChI=1S/C6H11N.C2H6/c1-2-7-6-3-5(1)4-6;1-2/h5-7H,1-4H2;1-2H3. The Hall–Kier alpha value is -0.0400. The van der Waals surface area contributed by atoms with Crippen LogP contribution in [0.1, 0.15) is 33.1 Å². The lowest BCUT2D eigenvalue weighted by Crippen LogP contribution is -2.48. The van der Waals surface area contributed by atoms with Crippen LogP contribution < -0.4 is 5.32 Å². The number of piperidine rings is 2. The van der Waals surface area contributed by atoms with E-state index in [2.05, 4.69) is 5.32 Å². The fraction of sp³-hybridized carbons (Fsp3) is 1.00. The van der Waals surface area contributed by atoms with Gasteiger partial charge in [0.15, 0.2) is 0 Å². The Morgan fingerprint density at radius 1 is 1.22 bits per heavy atom. The Bertz CT molecular complexity index is 61.1. The molecule has 0 aromatic heterocycles. The van der Waals surface area contributed by atoms with Crippen LogP contribution in [0.3, 0.4) is 0 Å². The summed E-state index contributed by atoms with van der Waals surface area (Å²) in [6.45, 7) is 5.29. The molecule has 0 aromatic rings. The molecule has 2 saturated heterocycles. The lowest BCUT2D eigenvalue weighted by molar-refractivity contribution is 0.158. The van der Waals surface area contributed by atoms with Gasteiger partial charge in [-0.05, 0) is 31.7 Å². The summed E-state index contributed by atoms with van der Waals surface area (Å²) in [6, 6.07) is 0.929. The van der Waals surface area contributed by atoms with Crippen molar-refractivity contribution in [2.24, 2.45) is 5.92 Å². The quantitative estimate of drug-likeness (QED) is 0.523. The summed E-state index contributed by atoms with van der Waals surface area (Å²) >= 11 is 0. The average molecular weight is 127 g/mol. The molecule has 3 aliphatic rings. The zero-order chi connectivity index (χ0) is 6.69. The van der Waals surface area contributed by atoms with Crippen molar-refractivity contribution in [3.05, 3.63) is 0 Å². The first kappa shape index (κ1) is 7.07. The molecule has 3 rings (SSSR count). The van der Waals surface area contributed by atoms with Crippen LogP contribution in [-0.4, -0.2) is 12.6 Å². The molecule has 1 aliphatic carbocycles. The maximum absolute atomic E-state index is 3.45. The minimum atomic E-state index is 0.929. The average Bonchev–Trinajstić information content (AvgIpc) is 1.93. The molecule has 0 atom stereocenters. The molecule has 1 N–H and O–H groups in total. The SMILES string of the molecule is C1CC2CC(C2)N1.CC. The number of hydrogen-bond acceptors (Lipinski definition) is 1. The first-order valence-electron chi connectivity index (χ1n) is 4.18. The van der Waals surface area contributed by atoms with Gasteiger partial charge in [0.25, 0.3) is 0 Å². The maximum atomic E-state index is 3.45. The van der Waals surface area contributed by atoms with E-state index in [1.54, 1.807) is 0 Å². The fourth-order valence-corrected chi connectivity index (χ4v) is 1.63. The van der Waals surface area contributed by atoms with Crippen LogP contribution in [0.2, 0.25) is 0 Å². The van der Waals surface area contributed by atoms with Crippen molar-refractivity contribution >= 4 is 0 Å². The Kier molecular flexibility index (Phi) is 2.52. The highest BCUT2D eigenvalue weighted by molar-refractivity contribution is 4.89. The molecule has 0 unspecified atom stereocenters. The van der Waals surface area contributed by atoms with Gasteiger partial charge in [-0.25, -0.2) is 0 Å². The van der Waals surface area contributed by atoms with E-state index in [1.165, 1.54) is 25.8 Å². The third-order valence-corrected chi connectivity index (χ3v) is 2.22. The van der Waals surface area contributed by atoms with Crippen LogP contribution in [0.15, 0.2) is 0 Å². The third-order valence-electron chi connectivity index (χ3n) is 2.22. The predicted octanol–water partition coefficient (Wildman–Crippen LogP) is 1.78. The Labute approximate surface area is 57.8 Å². The molecule has 2 heterocycles. The van der Waals surface area contributed by atoms with E-state index >= 15 is 0 Å². The van der Waals surface area contributed by atoms with Crippen LogP contribution in [-0.2, 0) is 0 Å². The molecule has 1 nitrogen and oxygen atoms in total. The van der Waals surface area contributed by atoms with Crippen molar-refractivity contribution in [2.45, 2.75) is 39.2 Å². The van der Waals surface area contributed by atoms with Crippen LogP contribution in [0.4, 0.5) is 0 Å². The number of hydrogen-bond donors (Lipinski definition) is 1. The molecule has 0 amide bonds. The highest BCUT2D eigenvalue weighted by Crippen LogP contribution is 2.33. The molecule has 0 aromatic carbocycles. The highest BCUT2D eigenvalue weighted by atomic mass is 15.0. The van der Waals surface area contributed by atoms with Gasteiger partial charge >= 0.3 is 0 Å².